The Balaban J connectivity index is 2.33. The number of para-hydroxylation sites is 1. The van der Waals surface area contributed by atoms with Gasteiger partial charge in [-0.05, 0) is 67.7 Å². The molecule has 0 unspecified atom stereocenters. The Bertz CT molecular complexity index is 839. The van der Waals surface area contributed by atoms with Crippen LogP contribution >= 0.6 is 0 Å². The van der Waals surface area contributed by atoms with Crippen LogP contribution in [0.15, 0.2) is 42.5 Å². The second kappa shape index (κ2) is 12.7. The van der Waals surface area contributed by atoms with Crippen LogP contribution in [0.5, 0.6) is 17.2 Å². The molecule has 4 heteroatoms. The number of carbonyl (C=O) groups excluding carboxylic acids is 1. The van der Waals surface area contributed by atoms with E-state index in [0.29, 0.717) is 36.9 Å². The third kappa shape index (κ3) is 6.65. The number of ether oxygens (including phenoxy) is 3. The fraction of sp³-hybridized carbons (Fsp3) is 0.423. The minimum atomic E-state index is -0.119. The van der Waals surface area contributed by atoms with Crippen LogP contribution in [-0.4, -0.2) is 25.6 Å². The molecule has 162 valence electrons. The molecule has 0 saturated heterocycles. The van der Waals surface area contributed by atoms with Gasteiger partial charge in [0.15, 0.2) is 17.3 Å². The zero-order valence-electron chi connectivity index (χ0n) is 18.7. The predicted octanol–water partition coefficient (Wildman–Crippen LogP) is 6.51. The lowest BCUT2D eigenvalue weighted by Crippen LogP contribution is -2.06. The van der Waals surface area contributed by atoms with Crippen molar-refractivity contribution in [3.05, 3.63) is 59.2 Å². The van der Waals surface area contributed by atoms with Crippen LogP contribution in [0.3, 0.4) is 0 Å². The van der Waals surface area contributed by atoms with Crippen LogP contribution in [0, 0.1) is 0 Å². The van der Waals surface area contributed by atoms with Gasteiger partial charge in [0.05, 0.1) is 25.4 Å². The van der Waals surface area contributed by atoms with Crippen molar-refractivity contribution in [2.45, 2.75) is 53.4 Å². The summed E-state index contributed by atoms with van der Waals surface area (Å²) < 4.78 is 17.6. The van der Waals surface area contributed by atoms with E-state index in [9.17, 15) is 4.79 Å². The van der Waals surface area contributed by atoms with Gasteiger partial charge in [-0.25, -0.2) is 0 Å². The van der Waals surface area contributed by atoms with Gasteiger partial charge in [0.2, 0.25) is 0 Å². The van der Waals surface area contributed by atoms with E-state index in [4.69, 9.17) is 14.2 Å². The Hall–Kier alpha value is -2.75. The monoisotopic (exact) mass is 410 g/mol. The number of hydrogen-bond donors (Lipinski definition) is 0. The minimum Gasteiger partial charge on any atom is -0.493 e. The first-order chi connectivity index (χ1) is 14.6. The fourth-order valence-corrected chi connectivity index (χ4v) is 2.94. The maximum atomic E-state index is 13.0. The van der Waals surface area contributed by atoms with E-state index in [0.717, 1.165) is 37.0 Å². The molecule has 2 aromatic carbocycles. The van der Waals surface area contributed by atoms with Crippen LogP contribution in [0.25, 0.3) is 6.08 Å². The van der Waals surface area contributed by atoms with Crippen molar-refractivity contribution < 1.29 is 19.0 Å². The molecule has 0 aliphatic rings. The third-order valence-electron chi connectivity index (χ3n) is 4.51. The zero-order valence-corrected chi connectivity index (χ0v) is 18.7. The molecule has 0 bridgehead atoms. The normalized spacial score (nSPS) is 10.9. The summed E-state index contributed by atoms with van der Waals surface area (Å²) in [6, 6.07) is 11.6. The van der Waals surface area contributed by atoms with Crippen molar-refractivity contribution in [2.75, 3.05) is 19.8 Å². The van der Waals surface area contributed by atoms with Crippen LogP contribution in [0.1, 0.15) is 68.4 Å². The first-order valence-electron chi connectivity index (χ1n) is 11.0. The van der Waals surface area contributed by atoms with Crippen LogP contribution < -0.4 is 14.2 Å². The molecule has 0 spiro atoms. The Morgan fingerprint density at radius 3 is 2.17 bits per heavy atom. The number of benzene rings is 2. The first kappa shape index (κ1) is 23.5. The highest BCUT2D eigenvalue weighted by Gasteiger charge is 2.16. The van der Waals surface area contributed by atoms with Crippen molar-refractivity contribution >= 4 is 11.9 Å². The molecule has 0 saturated carbocycles. The molecule has 0 N–H and O–H groups in total. The Kier molecular flexibility index (Phi) is 9.99. The topological polar surface area (TPSA) is 44.8 Å². The molecule has 0 fully saturated rings. The van der Waals surface area contributed by atoms with E-state index in [2.05, 4.69) is 26.0 Å². The lowest BCUT2D eigenvalue weighted by molar-refractivity contribution is 0.104. The zero-order chi connectivity index (χ0) is 21.8. The highest BCUT2D eigenvalue weighted by Crippen LogP contribution is 2.33. The number of aryl methyl sites for hydroxylation is 1. The van der Waals surface area contributed by atoms with Crippen LogP contribution in [-0.2, 0) is 6.42 Å². The second-order valence-electron chi connectivity index (χ2n) is 7.10. The summed E-state index contributed by atoms with van der Waals surface area (Å²) in [5, 5.41) is 0. The van der Waals surface area contributed by atoms with Crippen LogP contribution in [0.2, 0.25) is 0 Å². The van der Waals surface area contributed by atoms with Gasteiger partial charge in [-0.2, -0.15) is 0 Å². The number of carbonyl (C=O) groups is 1. The maximum Gasteiger partial charge on any atom is 0.189 e. The van der Waals surface area contributed by atoms with Gasteiger partial charge in [0.25, 0.3) is 0 Å². The molecule has 0 atom stereocenters. The Morgan fingerprint density at radius 1 is 0.833 bits per heavy atom. The van der Waals surface area contributed by atoms with Gasteiger partial charge in [0.1, 0.15) is 5.75 Å². The molecular weight excluding hydrogens is 376 g/mol. The van der Waals surface area contributed by atoms with E-state index < -0.39 is 0 Å². The van der Waals surface area contributed by atoms with Gasteiger partial charge in [-0.15, -0.1) is 0 Å². The highest BCUT2D eigenvalue weighted by molar-refractivity contribution is 6.09. The summed E-state index contributed by atoms with van der Waals surface area (Å²) in [6.07, 6.45) is 7.02. The van der Waals surface area contributed by atoms with Crippen molar-refractivity contribution in [1.29, 1.82) is 0 Å². The summed E-state index contributed by atoms with van der Waals surface area (Å²) in [6.45, 7) is 10.0. The van der Waals surface area contributed by atoms with E-state index in [1.54, 1.807) is 12.1 Å². The van der Waals surface area contributed by atoms with Crippen LogP contribution in [0.4, 0.5) is 0 Å². The van der Waals surface area contributed by atoms with Crippen molar-refractivity contribution in [3.63, 3.8) is 0 Å². The summed E-state index contributed by atoms with van der Waals surface area (Å²) in [5.74, 6) is 1.81. The molecule has 0 amide bonds. The minimum absolute atomic E-state index is 0.119. The molecule has 30 heavy (non-hydrogen) atoms. The number of hydrogen-bond acceptors (Lipinski definition) is 4. The molecule has 2 aromatic rings. The summed E-state index contributed by atoms with van der Waals surface area (Å²) >= 11 is 0. The molecule has 0 radical (unpaired) electrons. The molecule has 0 aliphatic heterocycles. The van der Waals surface area contributed by atoms with Crippen molar-refractivity contribution in [3.8, 4) is 17.2 Å². The molecule has 2 rings (SSSR count). The fourth-order valence-electron chi connectivity index (χ4n) is 2.94. The lowest BCUT2D eigenvalue weighted by atomic mass is 10.0. The SMILES string of the molecule is CCCOc1ccc(CC)cc1/C=C/C(=O)c1cccc(OCCC)c1OCCC. The lowest BCUT2D eigenvalue weighted by Gasteiger charge is -2.15. The number of ketones is 1. The van der Waals surface area contributed by atoms with E-state index in [-0.39, 0.29) is 5.78 Å². The van der Waals surface area contributed by atoms with Gasteiger partial charge in [-0.3, -0.25) is 4.79 Å². The number of allylic oxidation sites excluding steroid dienone is 1. The third-order valence-corrected chi connectivity index (χ3v) is 4.51. The highest BCUT2D eigenvalue weighted by atomic mass is 16.5. The van der Waals surface area contributed by atoms with E-state index in [1.807, 2.05) is 38.1 Å². The Labute approximate surface area is 180 Å². The smallest absolute Gasteiger partial charge is 0.189 e. The average molecular weight is 411 g/mol. The van der Waals surface area contributed by atoms with Gasteiger partial charge in [-0.1, -0.05) is 39.8 Å². The average Bonchev–Trinajstić information content (AvgIpc) is 2.78. The van der Waals surface area contributed by atoms with Gasteiger partial charge in [0, 0.05) is 5.56 Å². The van der Waals surface area contributed by atoms with E-state index in [1.165, 1.54) is 5.56 Å². The molecule has 4 nitrogen and oxygen atoms in total. The van der Waals surface area contributed by atoms with Crippen molar-refractivity contribution in [2.24, 2.45) is 0 Å². The summed E-state index contributed by atoms with van der Waals surface area (Å²) in [7, 11) is 0. The molecule has 0 heterocycles. The summed E-state index contributed by atoms with van der Waals surface area (Å²) in [5.41, 5.74) is 2.62. The number of rotatable bonds is 13. The second-order valence-corrected chi connectivity index (χ2v) is 7.10. The van der Waals surface area contributed by atoms with Gasteiger partial charge < -0.3 is 14.2 Å². The quantitative estimate of drug-likeness (QED) is 0.279. The standard InChI is InChI=1S/C26H34O4/c1-5-16-28-24-15-12-20(8-4)19-21(24)13-14-23(27)22-10-9-11-25(29-17-6-2)26(22)30-18-7-3/h9-15,19H,5-8,16-18H2,1-4H3/b14-13+. The van der Waals surface area contributed by atoms with E-state index >= 15 is 0 Å². The largest absolute Gasteiger partial charge is 0.493 e. The molecule has 0 aliphatic carbocycles. The summed E-state index contributed by atoms with van der Waals surface area (Å²) in [4.78, 5) is 13.0. The first-order valence-corrected chi connectivity index (χ1v) is 11.0. The Morgan fingerprint density at radius 2 is 1.50 bits per heavy atom. The predicted molar refractivity (Wildman–Crippen MR) is 123 cm³/mol. The van der Waals surface area contributed by atoms with Crippen molar-refractivity contribution in [1.82, 2.24) is 0 Å². The maximum absolute atomic E-state index is 13.0. The van der Waals surface area contributed by atoms with Gasteiger partial charge >= 0.3 is 0 Å². The molecule has 0 aromatic heterocycles. The molecular formula is C26H34O4.